The fourth-order valence-electron chi connectivity index (χ4n) is 1.95. The first kappa shape index (κ1) is 17.1. The van der Waals surface area contributed by atoms with E-state index in [9.17, 15) is 9.59 Å². The van der Waals surface area contributed by atoms with E-state index in [-0.39, 0.29) is 11.8 Å². The first-order valence-electron chi connectivity index (χ1n) is 7.36. The first-order valence-corrected chi connectivity index (χ1v) is 7.36. The number of anilines is 1. The molecule has 7 heteroatoms. The molecule has 2 aromatic rings. The molecule has 1 aromatic heterocycles. The van der Waals surface area contributed by atoms with Gasteiger partial charge in [0.25, 0.3) is 11.8 Å². The Hall–Kier alpha value is -3.22. The lowest BCUT2D eigenvalue weighted by molar-refractivity contribution is 0.0955. The summed E-state index contributed by atoms with van der Waals surface area (Å²) >= 11 is 0. The summed E-state index contributed by atoms with van der Waals surface area (Å²) in [6, 6.07) is 10.5. The summed E-state index contributed by atoms with van der Waals surface area (Å²) in [5.41, 5.74) is 5.54. The molecule has 2 amide bonds. The van der Waals surface area contributed by atoms with Crippen molar-refractivity contribution in [1.82, 2.24) is 15.6 Å². The minimum absolute atomic E-state index is 0.130. The molecular formula is C17H19N5O2. The molecule has 7 nitrogen and oxygen atoms in total. The van der Waals surface area contributed by atoms with Crippen LogP contribution in [0.3, 0.4) is 0 Å². The molecule has 0 aliphatic carbocycles. The highest BCUT2D eigenvalue weighted by Gasteiger charge is 2.05. The van der Waals surface area contributed by atoms with Gasteiger partial charge in [0.2, 0.25) is 0 Å². The number of nitrogens with zero attached hydrogens (tertiary/aromatic N) is 2. The maximum Gasteiger partial charge on any atom is 0.252 e. The minimum Gasteiger partial charge on any atom is -0.355 e. The molecule has 0 atom stereocenters. The second kappa shape index (κ2) is 7.87. The van der Waals surface area contributed by atoms with Gasteiger partial charge in [0, 0.05) is 25.9 Å². The Balaban J connectivity index is 2.05. The largest absolute Gasteiger partial charge is 0.355 e. The van der Waals surface area contributed by atoms with Gasteiger partial charge in [-0.25, -0.2) is 4.98 Å². The van der Waals surface area contributed by atoms with Crippen molar-refractivity contribution < 1.29 is 9.59 Å². The number of hydrogen-bond acceptors (Lipinski definition) is 5. The molecule has 0 saturated carbocycles. The number of aromatic nitrogens is 1. The molecule has 1 heterocycles. The summed E-state index contributed by atoms with van der Waals surface area (Å²) in [6.07, 6.45) is 1.48. The Kier molecular flexibility index (Phi) is 5.62. The molecule has 0 aliphatic heterocycles. The number of hydrazone groups is 1. The molecule has 1 aromatic carbocycles. The Labute approximate surface area is 140 Å². The number of rotatable bonds is 5. The van der Waals surface area contributed by atoms with E-state index in [1.54, 1.807) is 38.4 Å². The summed E-state index contributed by atoms with van der Waals surface area (Å²) in [5.74, 6) is 0.212. The molecule has 2 rings (SSSR count). The number of hydrogen-bond donors (Lipinski definition) is 3. The topological polar surface area (TPSA) is 95.5 Å². The van der Waals surface area contributed by atoms with Gasteiger partial charge in [-0.2, -0.15) is 5.10 Å². The van der Waals surface area contributed by atoms with Crippen LogP contribution >= 0.6 is 0 Å². The molecule has 0 aliphatic rings. The first-order chi connectivity index (χ1) is 11.5. The van der Waals surface area contributed by atoms with Crippen LogP contribution in [0.15, 0.2) is 47.7 Å². The summed E-state index contributed by atoms with van der Waals surface area (Å²) in [4.78, 5) is 27.1. The van der Waals surface area contributed by atoms with Crippen molar-refractivity contribution in [1.29, 1.82) is 0 Å². The van der Waals surface area contributed by atoms with Crippen molar-refractivity contribution >= 4 is 23.3 Å². The smallest absolute Gasteiger partial charge is 0.252 e. The Morgan fingerprint density at radius 2 is 1.42 bits per heavy atom. The van der Waals surface area contributed by atoms with Crippen LogP contribution in [0.25, 0.3) is 0 Å². The van der Waals surface area contributed by atoms with Crippen molar-refractivity contribution in [2.45, 2.75) is 6.92 Å². The van der Waals surface area contributed by atoms with Gasteiger partial charge in [0.1, 0.15) is 5.82 Å². The van der Waals surface area contributed by atoms with Crippen LogP contribution in [-0.4, -0.2) is 36.6 Å². The molecule has 0 unspecified atom stereocenters. The number of benzene rings is 1. The zero-order valence-electron chi connectivity index (χ0n) is 13.8. The highest BCUT2D eigenvalue weighted by Crippen LogP contribution is 2.08. The van der Waals surface area contributed by atoms with Crippen LogP contribution in [0.2, 0.25) is 0 Å². The van der Waals surface area contributed by atoms with Gasteiger partial charge in [-0.1, -0.05) is 12.1 Å². The standard InChI is InChI=1S/C17H19N5O2/c1-11(12-4-6-13(7-5-12)16(23)18-2)21-22-15-9-8-14(10-20-15)17(24)19-3/h4-10H,1-3H3,(H,18,23)(H,19,24)(H,20,22)/b21-11+. The highest BCUT2D eigenvalue weighted by molar-refractivity contribution is 6.00. The van der Waals surface area contributed by atoms with Crippen LogP contribution in [0, 0.1) is 0 Å². The van der Waals surface area contributed by atoms with Gasteiger partial charge in [-0.05, 0) is 36.8 Å². The second-order valence-electron chi connectivity index (χ2n) is 4.98. The lowest BCUT2D eigenvalue weighted by atomic mass is 10.1. The van der Waals surface area contributed by atoms with Crippen molar-refractivity contribution in [2.24, 2.45) is 5.10 Å². The van der Waals surface area contributed by atoms with Gasteiger partial charge in [-0.15, -0.1) is 0 Å². The number of amides is 2. The lowest BCUT2D eigenvalue weighted by Crippen LogP contribution is -2.18. The lowest BCUT2D eigenvalue weighted by Gasteiger charge is -2.05. The Morgan fingerprint density at radius 3 is 1.96 bits per heavy atom. The molecule has 24 heavy (non-hydrogen) atoms. The normalized spacial score (nSPS) is 10.9. The molecule has 3 N–H and O–H groups in total. The van der Waals surface area contributed by atoms with E-state index in [0.29, 0.717) is 16.9 Å². The average molecular weight is 325 g/mol. The maximum atomic E-state index is 11.5. The Bertz CT molecular complexity index is 752. The molecular weight excluding hydrogens is 306 g/mol. The van der Waals surface area contributed by atoms with Crippen molar-refractivity contribution in [3.05, 3.63) is 59.3 Å². The number of carbonyl (C=O) groups is 2. The van der Waals surface area contributed by atoms with E-state index < -0.39 is 0 Å². The summed E-state index contributed by atoms with van der Waals surface area (Å²) in [6.45, 7) is 1.85. The fourth-order valence-corrected chi connectivity index (χ4v) is 1.95. The maximum absolute atomic E-state index is 11.5. The predicted molar refractivity (Wildman–Crippen MR) is 93.3 cm³/mol. The van der Waals surface area contributed by atoms with E-state index in [0.717, 1.165) is 11.3 Å². The quantitative estimate of drug-likeness (QED) is 0.575. The summed E-state index contributed by atoms with van der Waals surface area (Å²) < 4.78 is 0. The fraction of sp³-hybridized carbons (Fsp3) is 0.176. The monoisotopic (exact) mass is 325 g/mol. The van der Waals surface area contributed by atoms with E-state index in [2.05, 4.69) is 26.1 Å². The van der Waals surface area contributed by atoms with Crippen molar-refractivity contribution in [2.75, 3.05) is 19.5 Å². The Morgan fingerprint density at radius 1 is 0.875 bits per heavy atom. The SMILES string of the molecule is CNC(=O)c1ccc(/C(C)=N/Nc2ccc(C(=O)NC)cn2)cc1. The number of pyridine rings is 1. The van der Waals surface area contributed by atoms with Gasteiger partial charge < -0.3 is 10.6 Å². The van der Waals surface area contributed by atoms with Crippen molar-refractivity contribution in [3.8, 4) is 0 Å². The summed E-state index contributed by atoms with van der Waals surface area (Å²) in [5, 5.41) is 9.37. The zero-order valence-corrected chi connectivity index (χ0v) is 13.8. The number of nitrogens with one attached hydrogen (secondary N) is 3. The number of carbonyl (C=O) groups excluding carboxylic acids is 2. The average Bonchev–Trinajstić information content (AvgIpc) is 2.65. The van der Waals surface area contributed by atoms with Gasteiger partial charge in [0.15, 0.2) is 0 Å². The molecule has 0 radical (unpaired) electrons. The highest BCUT2D eigenvalue weighted by atomic mass is 16.2. The van der Waals surface area contributed by atoms with Crippen molar-refractivity contribution in [3.63, 3.8) is 0 Å². The van der Waals surface area contributed by atoms with Crippen LogP contribution < -0.4 is 16.1 Å². The molecule has 124 valence electrons. The third-order valence-corrected chi connectivity index (χ3v) is 3.38. The molecule has 0 saturated heterocycles. The second-order valence-corrected chi connectivity index (χ2v) is 4.98. The van der Waals surface area contributed by atoms with Gasteiger partial charge in [0.05, 0.1) is 11.3 Å². The van der Waals surface area contributed by atoms with Gasteiger partial charge >= 0.3 is 0 Å². The van der Waals surface area contributed by atoms with Crippen LogP contribution in [-0.2, 0) is 0 Å². The van der Waals surface area contributed by atoms with E-state index in [1.165, 1.54) is 6.20 Å². The third-order valence-electron chi connectivity index (χ3n) is 3.38. The van der Waals surface area contributed by atoms with Crippen LogP contribution in [0.5, 0.6) is 0 Å². The molecule has 0 bridgehead atoms. The van der Waals surface area contributed by atoms with E-state index in [4.69, 9.17) is 0 Å². The van der Waals surface area contributed by atoms with Gasteiger partial charge in [-0.3, -0.25) is 15.0 Å². The molecule has 0 fully saturated rings. The predicted octanol–water partition coefficient (Wildman–Crippen LogP) is 1.64. The zero-order chi connectivity index (χ0) is 17.5. The van der Waals surface area contributed by atoms with Crippen LogP contribution in [0.4, 0.5) is 5.82 Å². The van der Waals surface area contributed by atoms with E-state index in [1.807, 2.05) is 19.1 Å². The summed E-state index contributed by atoms with van der Waals surface area (Å²) in [7, 11) is 3.16. The minimum atomic E-state index is -0.190. The molecule has 0 spiro atoms. The van der Waals surface area contributed by atoms with E-state index >= 15 is 0 Å². The van der Waals surface area contributed by atoms with Crippen LogP contribution in [0.1, 0.15) is 33.2 Å². The third kappa shape index (κ3) is 4.16.